The summed E-state index contributed by atoms with van der Waals surface area (Å²) in [5, 5.41) is 0. The van der Waals surface area contributed by atoms with Gasteiger partial charge in [0.2, 0.25) is 0 Å². The van der Waals surface area contributed by atoms with Gasteiger partial charge in [0.05, 0.1) is 0 Å². The highest BCUT2D eigenvalue weighted by atomic mass is 14.3. The maximum atomic E-state index is 4.24. The third kappa shape index (κ3) is 6.24. The Hall–Kier alpha value is -0.780. The number of allylic oxidation sites excluding steroid dienone is 5. The second kappa shape index (κ2) is 8.01. The third-order valence-corrected chi connectivity index (χ3v) is 4.91. The molecule has 3 unspecified atom stereocenters. The van der Waals surface area contributed by atoms with Crippen molar-refractivity contribution < 1.29 is 0 Å². The van der Waals surface area contributed by atoms with Gasteiger partial charge in [0.15, 0.2) is 0 Å². The van der Waals surface area contributed by atoms with Crippen molar-refractivity contribution in [2.45, 2.75) is 80.1 Å². The first kappa shape index (κ1) is 18.3. The Morgan fingerprint density at radius 2 is 2.19 bits per heavy atom. The predicted octanol–water partition coefficient (Wildman–Crippen LogP) is 7.09. The molecule has 0 N–H and O–H groups in total. The molecule has 0 amide bonds. The van der Waals surface area contributed by atoms with Crippen LogP contribution in [0.4, 0.5) is 0 Å². The molecule has 0 saturated carbocycles. The molecule has 120 valence electrons. The lowest BCUT2D eigenvalue weighted by atomic mass is 9.75. The van der Waals surface area contributed by atoms with Crippen LogP contribution in [0.5, 0.6) is 0 Å². The molecule has 0 aliphatic heterocycles. The van der Waals surface area contributed by atoms with Gasteiger partial charge >= 0.3 is 0 Å². The highest BCUT2D eigenvalue weighted by Crippen LogP contribution is 2.41. The van der Waals surface area contributed by atoms with Gasteiger partial charge < -0.3 is 0 Å². The van der Waals surface area contributed by atoms with Gasteiger partial charge in [-0.1, -0.05) is 69.6 Å². The molecule has 21 heavy (non-hydrogen) atoms. The standard InChI is InChI=1S/C21H36/c1-8-9-19(5)20(6)13-18(4)15-21(7)11-10-16(2)12-17(3)14-21/h10,13,17,20H,5,8-9,11-12,14-15H2,1-4,6-7H3. The van der Waals surface area contributed by atoms with Crippen LogP contribution in [0.25, 0.3) is 0 Å². The molecule has 0 aromatic heterocycles. The van der Waals surface area contributed by atoms with E-state index in [1.54, 1.807) is 11.1 Å². The van der Waals surface area contributed by atoms with Crippen molar-refractivity contribution in [1.82, 2.24) is 0 Å². The average Bonchev–Trinajstić information content (AvgIpc) is 2.47. The van der Waals surface area contributed by atoms with Crippen molar-refractivity contribution in [2.75, 3.05) is 0 Å². The molecule has 1 aliphatic rings. The molecular formula is C21H36. The molecule has 0 fully saturated rings. The minimum absolute atomic E-state index is 0.434. The van der Waals surface area contributed by atoms with Crippen molar-refractivity contribution in [2.24, 2.45) is 17.3 Å². The topological polar surface area (TPSA) is 0 Å². The normalized spacial score (nSPS) is 28.8. The Kier molecular flexibility index (Phi) is 6.97. The molecule has 0 nitrogen and oxygen atoms in total. The maximum Gasteiger partial charge on any atom is -0.00518 e. The lowest BCUT2D eigenvalue weighted by molar-refractivity contribution is 0.255. The Labute approximate surface area is 133 Å². The molecule has 0 heteroatoms. The van der Waals surface area contributed by atoms with E-state index < -0.39 is 0 Å². The Morgan fingerprint density at radius 1 is 1.52 bits per heavy atom. The molecule has 0 spiro atoms. The minimum Gasteiger partial charge on any atom is -0.0993 e. The van der Waals surface area contributed by atoms with Crippen LogP contribution in [-0.2, 0) is 0 Å². The Bertz CT molecular complexity index is 410. The van der Waals surface area contributed by atoms with Gasteiger partial charge in [-0.25, -0.2) is 0 Å². The zero-order valence-corrected chi connectivity index (χ0v) is 15.3. The van der Waals surface area contributed by atoms with Crippen LogP contribution in [0.1, 0.15) is 80.1 Å². The van der Waals surface area contributed by atoms with Crippen LogP contribution < -0.4 is 0 Å². The predicted molar refractivity (Wildman–Crippen MR) is 96.5 cm³/mol. The van der Waals surface area contributed by atoms with E-state index in [-0.39, 0.29) is 0 Å². The lowest BCUT2D eigenvalue weighted by Gasteiger charge is -2.30. The molecular weight excluding hydrogens is 252 g/mol. The monoisotopic (exact) mass is 288 g/mol. The summed E-state index contributed by atoms with van der Waals surface area (Å²) in [6, 6.07) is 0. The van der Waals surface area contributed by atoms with Crippen LogP contribution in [0, 0.1) is 17.3 Å². The SMILES string of the molecule is C=C(CCC)C(C)C=C(C)CC1(C)CC=C(C)CC(C)C1. The van der Waals surface area contributed by atoms with E-state index in [0.717, 1.165) is 12.3 Å². The average molecular weight is 289 g/mol. The first-order valence-corrected chi connectivity index (χ1v) is 8.76. The molecule has 1 rings (SSSR count). The van der Waals surface area contributed by atoms with E-state index in [4.69, 9.17) is 0 Å². The fourth-order valence-corrected chi connectivity index (χ4v) is 4.02. The van der Waals surface area contributed by atoms with Gasteiger partial charge in [-0.2, -0.15) is 0 Å². The number of hydrogen-bond donors (Lipinski definition) is 0. The van der Waals surface area contributed by atoms with Crippen LogP contribution in [0.15, 0.2) is 35.5 Å². The van der Waals surface area contributed by atoms with Crippen LogP contribution in [0.2, 0.25) is 0 Å². The maximum absolute atomic E-state index is 4.24. The fraction of sp³-hybridized carbons (Fsp3) is 0.714. The van der Waals surface area contributed by atoms with Crippen molar-refractivity contribution in [3.05, 3.63) is 35.5 Å². The van der Waals surface area contributed by atoms with Gasteiger partial charge in [-0.3, -0.25) is 0 Å². The van der Waals surface area contributed by atoms with E-state index in [0.29, 0.717) is 11.3 Å². The quantitative estimate of drug-likeness (QED) is 0.458. The van der Waals surface area contributed by atoms with Crippen LogP contribution in [0.3, 0.4) is 0 Å². The first-order valence-electron chi connectivity index (χ1n) is 8.76. The summed E-state index contributed by atoms with van der Waals surface area (Å²) >= 11 is 0. The van der Waals surface area contributed by atoms with E-state index in [1.165, 1.54) is 37.7 Å². The summed E-state index contributed by atoms with van der Waals surface area (Å²) in [5.41, 5.74) is 4.94. The molecule has 0 saturated heterocycles. The second-order valence-electron chi connectivity index (χ2n) is 7.97. The molecule has 3 atom stereocenters. The van der Waals surface area contributed by atoms with Gasteiger partial charge in [0, 0.05) is 0 Å². The van der Waals surface area contributed by atoms with Crippen molar-refractivity contribution in [1.29, 1.82) is 0 Å². The van der Waals surface area contributed by atoms with Gasteiger partial charge in [-0.05, 0) is 63.2 Å². The van der Waals surface area contributed by atoms with E-state index in [1.807, 2.05) is 0 Å². The second-order valence-corrected chi connectivity index (χ2v) is 7.97. The van der Waals surface area contributed by atoms with Crippen LogP contribution in [-0.4, -0.2) is 0 Å². The van der Waals surface area contributed by atoms with Crippen LogP contribution >= 0.6 is 0 Å². The summed E-state index contributed by atoms with van der Waals surface area (Å²) < 4.78 is 0. The third-order valence-electron chi connectivity index (χ3n) is 4.91. The van der Waals surface area contributed by atoms with E-state index >= 15 is 0 Å². The molecule has 0 aromatic carbocycles. The molecule has 0 aromatic rings. The van der Waals surface area contributed by atoms with Gasteiger partial charge in [0.25, 0.3) is 0 Å². The lowest BCUT2D eigenvalue weighted by Crippen LogP contribution is -2.18. The zero-order valence-electron chi connectivity index (χ0n) is 15.3. The molecule has 1 aliphatic carbocycles. The molecule has 0 radical (unpaired) electrons. The Morgan fingerprint density at radius 3 is 2.81 bits per heavy atom. The van der Waals surface area contributed by atoms with E-state index in [9.17, 15) is 0 Å². The molecule has 0 heterocycles. The highest BCUT2D eigenvalue weighted by molar-refractivity contribution is 5.15. The largest absolute Gasteiger partial charge is 0.0993 e. The summed E-state index contributed by atoms with van der Waals surface area (Å²) in [7, 11) is 0. The van der Waals surface area contributed by atoms with Crippen molar-refractivity contribution >= 4 is 0 Å². The Balaban J connectivity index is 2.71. The summed E-state index contributed by atoms with van der Waals surface area (Å²) in [6.07, 6.45) is 12.4. The van der Waals surface area contributed by atoms with Crippen molar-refractivity contribution in [3.63, 3.8) is 0 Å². The summed E-state index contributed by atoms with van der Waals surface area (Å²) in [5.74, 6) is 1.34. The highest BCUT2D eigenvalue weighted by Gasteiger charge is 2.28. The fourth-order valence-electron chi connectivity index (χ4n) is 4.02. The number of rotatable bonds is 6. The summed E-state index contributed by atoms with van der Waals surface area (Å²) in [6.45, 7) is 18.3. The number of hydrogen-bond acceptors (Lipinski definition) is 0. The molecule has 0 bridgehead atoms. The van der Waals surface area contributed by atoms with E-state index in [2.05, 4.69) is 60.3 Å². The smallest absolute Gasteiger partial charge is 0.00518 e. The first-order chi connectivity index (χ1) is 9.75. The van der Waals surface area contributed by atoms with Gasteiger partial charge in [-0.15, -0.1) is 0 Å². The van der Waals surface area contributed by atoms with Crippen molar-refractivity contribution in [3.8, 4) is 0 Å². The zero-order chi connectivity index (χ0) is 16.0. The summed E-state index contributed by atoms with van der Waals surface area (Å²) in [4.78, 5) is 0. The van der Waals surface area contributed by atoms with Gasteiger partial charge in [0.1, 0.15) is 0 Å². The minimum atomic E-state index is 0.434.